The Morgan fingerprint density at radius 3 is 2.09 bits per heavy atom. The minimum Gasteiger partial charge on any atom is -0.481 e. The highest BCUT2D eigenvalue weighted by atomic mass is 16.5. The number of amides is 2. The number of alkyl carbamates (subject to hydrolysis) is 1. The van der Waals surface area contributed by atoms with Gasteiger partial charge in [0.25, 0.3) is 0 Å². The smallest absolute Gasteiger partial charge is 0.407 e. The third kappa shape index (κ3) is 5.72. The normalized spacial score (nSPS) is 14.2. The summed E-state index contributed by atoms with van der Waals surface area (Å²) in [7, 11) is 0. The molecule has 1 unspecified atom stereocenters. The molecule has 2 aromatic carbocycles. The van der Waals surface area contributed by atoms with Crippen molar-refractivity contribution in [3.63, 3.8) is 0 Å². The molecule has 33 heavy (non-hydrogen) atoms. The first-order valence-corrected chi connectivity index (χ1v) is 11.5. The van der Waals surface area contributed by atoms with Gasteiger partial charge in [-0.05, 0) is 34.6 Å². The van der Waals surface area contributed by atoms with Crippen LogP contribution in [0.25, 0.3) is 11.1 Å². The number of carbonyl (C=O) groups is 3. The quantitative estimate of drug-likeness (QED) is 0.502. The number of carbonyl (C=O) groups excluding carboxylic acids is 2. The Kier molecular flexibility index (Phi) is 8.09. The molecule has 2 aromatic rings. The molecule has 7 heteroatoms. The van der Waals surface area contributed by atoms with Crippen LogP contribution >= 0.6 is 0 Å². The van der Waals surface area contributed by atoms with E-state index in [1.807, 2.05) is 43.3 Å². The van der Waals surface area contributed by atoms with E-state index in [1.165, 1.54) is 0 Å². The van der Waals surface area contributed by atoms with Gasteiger partial charge in [-0.15, -0.1) is 0 Å². The number of aliphatic carboxylic acids is 1. The lowest BCUT2D eigenvalue weighted by Crippen LogP contribution is -2.48. The summed E-state index contributed by atoms with van der Waals surface area (Å²) in [6, 6.07) is 15.4. The molecular weight excluding hydrogens is 420 g/mol. The largest absolute Gasteiger partial charge is 0.481 e. The summed E-state index contributed by atoms with van der Waals surface area (Å²) in [5.74, 6) is -2.24. The maximum atomic E-state index is 12.6. The van der Waals surface area contributed by atoms with Gasteiger partial charge in [-0.3, -0.25) is 9.59 Å². The molecule has 0 heterocycles. The summed E-state index contributed by atoms with van der Waals surface area (Å²) in [6.45, 7) is 5.67. The molecule has 1 aliphatic rings. The molecule has 0 radical (unpaired) electrons. The first-order chi connectivity index (χ1) is 15.8. The second-order valence-electron chi connectivity index (χ2n) is 8.75. The van der Waals surface area contributed by atoms with E-state index >= 15 is 0 Å². The predicted molar refractivity (Wildman–Crippen MR) is 126 cm³/mol. The third-order valence-corrected chi connectivity index (χ3v) is 6.15. The van der Waals surface area contributed by atoms with Crippen molar-refractivity contribution in [3.05, 3.63) is 59.7 Å². The molecule has 0 aromatic heterocycles. The third-order valence-electron chi connectivity index (χ3n) is 6.15. The molecule has 176 valence electrons. The molecule has 7 nitrogen and oxygen atoms in total. The number of fused-ring (bicyclic) bond motifs is 3. The van der Waals surface area contributed by atoms with Crippen molar-refractivity contribution in [1.29, 1.82) is 0 Å². The number of hydrogen-bond acceptors (Lipinski definition) is 4. The van der Waals surface area contributed by atoms with Crippen LogP contribution in [-0.4, -0.2) is 42.3 Å². The van der Waals surface area contributed by atoms with E-state index < -0.39 is 29.9 Å². The molecule has 3 rings (SSSR count). The molecule has 0 spiro atoms. The highest BCUT2D eigenvalue weighted by molar-refractivity contribution is 5.86. The monoisotopic (exact) mass is 452 g/mol. The van der Waals surface area contributed by atoms with Crippen molar-refractivity contribution >= 4 is 18.0 Å². The fourth-order valence-corrected chi connectivity index (χ4v) is 4.28. The Bertz CT molecular complexity index is 958. The second-order valence-corrected chi connectivity index (χ2v) is 8.75. The van der Waals surface area contributed by atoms with Crippen molar-refractivity contribution < 1.29 is 24.2 Å². The van der Waals surface area contributed by atoms with E-state index in [2.05, 4.69) is 22.8 Å². The van der Waals surface area contributed by atoms with Gasteiger partial charge < -0.3 is 20.5 Å². The topological polar surface area (TPSA) is 105 Å². The first-order valence-electron chi connectivity index (χ1n) is 11.5. The van der Waals surface area contributed by atoms with E-state index in [1.54, 1.807) is 13.8 Å². The van der Waals surface area contributed by atoms with E-state index in [0.717, 1.165) is 22.3 Å². The standard InChI is InChI=1S/C26H32N2O5/c1-4-9-23(24(29)27-14-21(16(2)3)25(30)31)28-26(32)33-15-22-19-12-7-5-10-17(19)18-11-6-8-13-20(18)22/h5-8,10-13,16,21-23H,4,9,14-15H2,1-3H3,(H,27,29)(H,28,32)(H,30,31)/t21?,23-/m0/s1. The van der Waals surface area contributed by atoms with Crippen LogP contribution in [0, 0.1) is 11.8 Å². The van der Waals surface area contributed by atoms with Gasteiger partial charge in [-0.1, -0.05) is 75.7 Å². The molecular formula is C26H32N2O5. The minimum absolute atomic E-state index is 0.0123. The molecule has 0 saturated carbocycles. The number of benzene rings is 2. The van der Waals surface area contributed by atoms with Gasteiger partial charge >= 0.3 is 12.1 Å². The van der Waals surface area contributed by atoms with Gasteiger partial charge in [0, 0.05) is 12.5 Å². The Balaban J connectivity index is 1.60. The number of hydrogen-bond donors (Lipinski definition) is 3. The molecule has 0 aliphatic heterocycles. The Labute approximate surface area is 194 Å². The van der Waals surface area contributed by atoms with Gasteiger partial charge in [-0.2, -0.15) is 0 Å². The number of rotatable bonds is 10. The maximum absolute atomic E-state index is 12.6. The van der Waals surface area contributed by atoms with Gasteiger partial charge in [0.15, 0.2) is 0 Å². The zero-order chi connectivity index (χ0) is 24.0. The lowest BCUT2D eigenvalue weighted by Gasteiger charge is -2.21. The number of carboxylic acids is 1. The van der Waals surface area contributed by atoms with Crippen LogP contribution in [0.2, 0.25) is 0 Å². The molecule has 0 fully saturated rings. The van der Waals surface area contributed by atoms with Crippen molar-refractivity contribution in [1.82, 2.24) is 10.6 Å². The van der Waals surface area contributed by atoms with Gasteiger partial charge in [0.2, 0.25) is 5.91 Å². The SMILES string of the molecule is CCC[C@H](NC(=O)OCC1c2ccccc2-c2ccccc21)C(=O)NCC(C(=O)O)C(C)C. The van der Waals surface area contributed by atoms with E-state index in [9.17, 15) is 19.5 Å². The van der Waals surface area contributed by atoms with Crippen LogP contribution in [0.15, 0.2) is 48.5 Å². The molecule has 0 saturated heterocycles. The Morgan fingerprint density at radius 2 is 1.58 bits per heavy atom. The average Bonchev–Trinajstić information content (AvgIpc) is 3.10. The van der Waals surface area contributed by atoms with Crippen molar-refractivity contribution in [2.75, 3.05) is 13.2 Å². The van der Waals surface area contributed by atoms with Crippen molar-refractivity contribution in [2.24, 2.45) is 11.8 Å². The Hall–Kier alpha value is -3.35. The van der Waals surface area contributed by atoms with Gasteiger partial charge in [0.1, 0.15) is 12.6 Å². The van der Waals surface area contributed by atoms with Gasteiger partial charge in [0.05, 0.1) is 5.92 Å². The molecule has 2 atom stereocenters. The molecule has 3 N–H and O–H groups in total. The molecule has 1 aliphatic carbocycles. The zero-order valence-corrected chi connectivity index (χ0v) is 19.3. The fraction of sp³-hybridized carbons (Fsp3) is 0.423. The van der Waals surface area contributed by atoms with Crippen LogP contribution in [-0.2, 0) is 14.3 Å². The summed E-state index contributed by atoms with van der Waals surface area (Å²) in [5, 5.41) is 14.6. The average molecular weight is 453 g/mol. The Morgan fingerprint density at radius 1 is 1.00 bits per heavy atom. The summed E-state index contributed by atoms with van der Waals surface area (Å²) in [6.07, 6.45) is 0.438. The summed E-state index contributed by atoms with van der Waals surface area (Å²) < 4.78 is 5.54. The van der Waals surface area contributed by atoms with E-state index in [-0.39, 0.29) is 25.0 Å². The van der Waals surface area contributed by atoms with Crippen molar-refractivity contribution in [2.45, 2.75) is 45.6 Å². The van der Waals surface area contributed by atoms with Crippen molar-refractivity contribution in [3.8, 4) is 11.1 Å². The lowest BCUT2D eigenvalue weighted by molar-refractivity contribution is -0.143. The summed E-state index contributed by atoms with van der Waals surface area (Å²) in [5.41, 5.74) is 4.51. The number of nitrogens with one attached hydrogen (secondary N) is 2. The second kappa shape index (κ2) is 11.0. The van der Waals surface area contributed by atoms with Crippen LogP contribution < -0.4 is 10.6 Å². The molecule has 0 bridgehead atoms. The minimum atomic E-state index is -0.957. The fourth-order valence-electron chi connectivity index (χ4n) is 4.28. The number of carboxylic acid groups (broad SMARTS) is 1. The van der Waals surface area contributed by atoms with Crippen LogP contribution in [0.1, 0.15) is 50.7 Å². The maximum Gasteiger partial charge on any atom is 0.407 e. The number of ether oxygens (including phenoxy) is 1. The summed E-state index contributed by atoms with van der Waals surface area (Å²) >= 11 is 0. The zero-order valence-electron chi connectivity index (χ0n) is 19.3. The summed E-state index contributed by atoms with van der Waals surface area (Å²) in [4.78, 5) is 36.6. The first kappa shape index (κ1) is 24.3. The van der Waals surface area contributed by atoms with Crippen LogP contribution in [0.5, 0.6) is 0 Å². The lowest BCUT2D eigenvalue weighted by atomic mass is 9.96. The highest BCUT2D eigenvalue weighted by Crippen LogP contribution is 2.44. The predicted octanol–water partition coefficient (Wildman–Crippen LogP) is 4.17. The highest BCUT2D eigenvalue weighted by Gasteiger charge is 2.30. The van der Waals surface area contributed by atoms with Crippen LogP contribution in [0.3, 0.4) is 0 Å². The van der Waals surface area contributed by atoms with E-state index in [4.69, 9.17) is 4.74 Å². The van der Waals surface area contributed by atoms with E-state index in [0.29, 0.717) is 12.8 Å². The van der Waals surface area contributed by atoms with Gasteiger partial charge in [-0.25, -0.2) is 4.79 Å². The molecule has 2 amide bonds. The van der Waals surface area contributed by atoms with Crippen LogP contribution in [0.4, 0.5) is 4.79 Å².